The van der Waals surface area contributed by atoms with Crippen LogP contribution in [0.1, 0.15) is 31.9 Å². The minimum Gasteiger partial charge on any atom is -0.490 e. The monoisotopic (exact) mass is 298 g/mol. The normalized spacial score (nSPS) is 11.8. The third-order valence-corrected chi connectivity index (χ3v) is 3.86. The van der Waals surface area contributed by atoms with Gasteiger partial charge in [-0.1, -0.05) is 24.3 Å². The predicted octanol–water partition coefficient (Wildman–Crippen LogP) is 4.45. The van der Waals surface area contributed by atoms with Gasteiger partial charge in [-0.3, -0.25) is 0 Å². The van der Waals surface area contributed by atoms with Crippen molar-refractivity contribution in [3.8, 4) is 28.4 Å². The quantitative estimate of drug-likeness (QED) is 0.672. The van der Waals surface area contributed by atoms with Gasteiger partial charge in [-0.15, -0.1) is 0 Å². The van der Waals surface area contributed by atoms with Crippen LogP contribution in [0.25, 0.3) is 11.1 Å². The highest BCUT2D eigenvalue weighted by molar-refractivity contribution is 5.82. The second kappa shape index (κ2) is 6.30. The molecule has 0 unspecified atom stereocenters. The Morgan fingerprint density at radius 1 is 0.818 bits per heavy atom. The second-order valence-electron chi connectivity index (χ2n) is 5.19. The molecule has 3 nitrogen and oxygen atoms in total. The van der Waals surface area contributed by atoms with Crippen molar-refractivity contribution in [3.05, 3.63) is 41.5 Å². The molecule has 2 aromatic rings. The molecule has 116 valence electrons. The minimum absolute atomic E-state index is 0.589. The molecule has 0 N–H and O–H groups in total. The van der Waals surface area contributed by atoms with Crippen LogP contribution in [0.2, 0.25) is 0 Å². The number of hydrogen-bond acceptors (Lipinski definition) is 3. The van der Waals surface area contributed by atoms with E-state index in [4.69, 9.17) is 14.2 Å². The van der Waals surface area contributed by atoms with Crippen LogP contribution in [-0.4, -0.2) is 19.8 Å². The van der Waals surface area contributed by atoms with E-state index in [1.54, 1.807) is 0 Å². The van der Waals surface area contributed by atoms with Gasteiger partial charge in [0.05, 0.1) is 19.8 Å². The zero-order chi connectivity index (χ0) is 15.5. The Bertz CT molecular complexity index is 677. The van der Waals surface area contributed by atoms with E-state index in [9.17, 15) is 0 Å². The summed E-state index contributed by atoms with van der Waals surface area (Å²) in [7, 11) is 0. The molecule has 3 heteroatoms. The first kappa shape index (κ1) is 14.8. The summed E-state index contributed by atoms with van der Waals surface area (Å²) < 4.78 is 17.6. The Morgan fingerprint density at radius 2 is 1.50 bits per heavy atom. The molecular formula is C19H22O3. The third kappa shape index (κ3) is 2.41. The van der Waals surface area contributed by atoms with Crippen molar-refractivity contribution < 1.29 is 14.2 Å². The largest absolute Gasteiger partial charge is 0.490 e. The zero-order valence-electron chi connectivity index (χ0n) is 13.4. The summed E-state index contributed by atoms with van der Waals surface area (Å²) in [5, 5.41) is 0. The van der Waals surface area contributed by atoms with Crippen molar-refractivity contribution in [1.29, 1.82) is 0 Å². The number of rotatable bonds is 6. The fraction of sp³-hybridized carbons (Fsp3) is 0.368. The number of fused-ring (bicyclic) bond motifs is 3. The summed E-state index contributed by atoms with van der Waals surface area (Å²) in [4.78, 5) is 0. The highest BCUT2D eigenvalue weighted by Crippen LogP contribution is 2.50. The van der Waals surface area contributed by atoms with Crippen LogP contribution >= 0.6 is 0 Å². The van der Waals surface area contributed by atoms with Gasteiger partial charge in [0, 0.05) is 12.0 Å². The molecular weight excluding hydrogens is 276 g/mol. The van der Waals surface area contributed by atoms with Crippen molar-refractivity contribution in [3.63, 3.8) is 0 Å². The molecule has 0 radical (unpaired) electrons. The van der Waals surface area contributed by atoms with Crippen molar-refractivity contribution in [2.24, 2.45) is 0 Å². The van der Waals surface area contributed by atoms with Crippen LogP contribution in [0.15, 0.2) is 30.3 Å². The Morgan fingerprint density at radius 3 is 2.23 bits per heavy atom. The van der Waals surface area contributed by atoms with E-state index >= 15 is 0 Å². The fourth-order valence-corrected chi connectivity index (χ4v) is 3.04. The highest BCUT2D eigenvalue weighted by atomic mass is 16.5. The van der Waals surface area contributed by atoms with Crippen molar-refractivity contribution >= 4 is 0 Å². The van der Waals surface area contributed by atoms with Crippen molar-refractivity contribution in [2.45, 2.75) is 27.2 Å². The van der Waals surface area contributed by atoms with Gasteiger partial charge in [-0.05, 0) is 43.5 Å². The lowest BCUT2D eigenvalue weighted by Gasteiger charge is -2.19. The first-order valence-electron chi connectivity index (χ1n) is 7.96. The van der Waals surface area contributed by atoms with E-state index in [-0.39, 0.29) is 0 Å². The smallest absolute Gasteiger partial charge is 0.203 e. The van der Waals surface area contributed by atoms with Crippen molar-refractivity contribution in [1.82, 2.24) is 0 Å². The fourth-order valence-electron chi connectivity index (χ4n) is 3.04. The number of hydrogen-bond donors (Lipinski definition) is 0. The number of benzene rings is 2. The molecule has 0 heterocycles. The molecule has 2 aromatic carbocycles. The average Bonchev–Trinajstić information content (AvgIpc) is 2.89. The molecule has 0 amide bonds. The SMILES string of the molecule is CCOc1cc2c(c(OCC)c1OCC)Cc1ccccc1-2. The van der Waals surface area contributed by atoms with E-state index in [2.05, 4.69) is 30.3 Å². The molecule has 0 saturated heterocycles. The molecule has 22 heavy (non-hydrogen) atoms. The van der Waals surface area contributed by atoms with Crippen LogP contribution < -0.4 is 14.2 Å². The lowest BCUT2D eigenvalue weighted by Crippen LogP contribution is -2.05. The maximum atomic E-state index is 5.95. The lowest BCUT2D eigenvalue weighted by atomic mass is 10.0. The molecule has 0 saturated carbocycles. The highest BCUT2D eigenvalue weighted by Gasteiger charge is 2.27. The molecule has 0 aromatic heterocycles. The van der Waals surface area contributed by atoms with E-state index in [0.717, 1.165) is 23.7 Å². The Balaban J connectivity index is 2.20. The zero-order valence-corrected chi connectivity index (χ0v) is 13.4. The van der Waals surface area contributed by atoms with E-state index in [1.165, 1.54) is 22.3 Å². The van der Waals surface area contributed by atoms with Gasteiger partial charge in [0.1, 0.15) is 0 Å². The van der Waals surface area contributed by atoms with Crippen LogP contribution in [-0.2, 0) is 6.42 Å². The Kier molecular flexibility index (Phi) is 4.23. The van der Waals surface area contributed by atoms with Gasteiger partial charge in [0.15, 0.2) is 11.5 Å². The van der Waals surface area contributed by atoms with Gasteiger partial charge in [-0.25, -0.2) is 0 Å². The van der Waals surface area contributed by atoms with Gasteiger partial charge in [0.25, 0.3) is 0 Å². The molecule has 3 rings (SSSR count). The standard InChI is InChI=1S/C19H22O3/c1-4-20-17-12-15-14-10-8-7-9-13(14)11-16(15)18(21-5-2)19(17)22-6-3/h7-10,12H,4-6,11H2,1-3H3. The maximum Gasteiger partial charge on any atom is 0.203 e. The van der Waals surface area contributed by atoms with E-state index in [0.29, 0.717) is 19.8 Å². The third-order valence-electron chi connectivity index (χ3n) is 3.86. The van der Waals surface area contributed by atoms with Gasteiger partial charge in [0.2, 0.25) is 5.75 Å². The molecule has 1 aliphatic carbocycles. The van der Waals surface area contributed by atoms with Gasteiger partial charge >= 0.3 is 0 Å². The Hall–Kier alpha value is -2.16. The molecule has 1 aliphatic rings. The summed E-state index contributed by atoms with van der Waals surface area (Å²) in [6.45, 7) is 7.76. The van der Waals surface area contributed by atoms with E-state index < -0.39 is 0 Å². The molecule has 0 aliphatic heterocycles. The lowest BCUT2D eigenvalue weighted by molar-refractivity contribution is 0.260. The number of ether oxygens (including phenoxy) is 3. The van der Waals surface area contributed by atoms with Crippen LogP contribution in [0.4, 0.5) is 0 Å². The first-order valence-corrected chi connectivity index (χ1v) is 7.96. The molecule has 0 bridgehead atoms. The van der Waals surface area contributed by atoms with Gasteiger partial charge < -0.3 is 14.2 Å². The maximum absolute atomic E-state index is 5.95. The van der Waals surface area contributed by atoms with Crippen LogP contribution in [0.5, 0.6) is 17.2 Å². The summed E-state index contributed by atoms with van der Waals surface area (Å²) in [5.74, 6) is 2.34. The summed E-state index contributed by atoms with van der Waals surface area (Å²) >= 11 is 0. The predicted molar refractivity (Wildman–Crippen MR) is 88.2 cm³/mol. The summed E-state index contributed by atoms with van der Waals surface area (Å²) in [6, 6.07) is 10.6. The Labute approximate surface area is 131 Å². The topological polar surface area (TPSA) is 27.7 Å². The molecule has 0 atom stereocenters. The van der Waals surface area contributed by atoms with Gasteiger partial charge in [-0.2, -0.15) is 0 Å². The second-order valence-corrected chi connectivity index (χ2v) is 5.19. The van der Waals surface area contributed by atoms with E-state index in [1.807, 2.05) is 20.8 Å². The minimum atomic E-state index is 0.589. The van der Waals surface area contributed by atoms with Crippen molar-refractivity contribution in [2.75, 3.05) is 19.8 Å². The first-order chi connectivity index (χ1) is 10.8. The summed E-state index contributed by atoms with van der Waals surface area (Å²) in [6.07, 6.45) is 0.882. The average molecular weight is 298 g/mol. The molecule has 0 fully saturated rings. The van der Waals surface area contributed by atoms with Crippen LogP contribution in [0, 0.1) is 0 Å². The summed E-state index contributed by atoms with van der Waals surface area (Å²) in [5.41, 5.74) is 5.00. The molecule has 0 spiro atoms. The van der Waals surface area contributed by atoms with Crippen LogP contribution in [0.3, 0.4) is 0 Å².